The van der Waals surface area contributed by atoms with Gasteiger partial charge < -0.3 is 24.8 Å². The van der Waals surface area contributed by atoms with Crippen molar-refractivity contribution in [3.63, 3.8) is 0 Å². The number of hydrogen-bond acceptors (Lipinski definition) is 7. The Balaban J connectivity index is 1.60. The van der Waals surface area contributed by atoms with Crippen LogP contribution in [0, 0.1) is 6.92 Å². The number of aryl methyl sites for hydroxylation is 1. The highest BCUT2D eigenvalue weighted by molar-refractivity contribution is 6.00. The molecule has 0 radical (unpaired) electrons. The Morgan fingerprint density at radius 1 is 1.04 bits per heavy atom. The molecule has 1 atom stereocenters. The van der Waals surface area contributed by atoms with Gasteiger partial charge in [-0.25, -0.2) is 4.98 Å². The maximum absolute atomic E-state index is 13.9. The van der Waals surface area contributed by atoms with Crippen molar-refractivity contribution in [1.82, 2.24) is 14.7 Å². The number of anilines is 1. The predicted molar refractivity (Wildman–Crippen MR) is 171 cm³/mol. The molecule has 0 spiro atoms. The standard InChI is InChI=1S/C35H40N4O6/c1-23-10-7-14-26(18-23)29(20-30(40)41)36-34(43)28-16-9-17-39-33(28)37-32(25-12-5-4-6-13-25)35(39)38(22-31(42)45-3)21-24-11-8-15-27(19-24)44-2/h7-11,14-19,25,29H,4-6,12-13,20-22H2,1-3H3,(H,36,43)(H,40,41). The molecule has 1 amide bonds. The van der Waals surface area contributed by atoms with Crippen molar-refractivity contribution in [3.8, 4) is 5.75 Å². The Morgan fingerprint density at radius 3 is 2.53 bits per heavy atom. The van der Waals surface area contributed by atoms with Crippen molar-refractivity contribution < 1.29 is 29.0 Å². The van der Waals surface area contributed by atoms with Gasteiger partial charge in [-0.1, -0.05) is 61.2 Å². The van der Waals surface area contributed by atoms with Crippen LogP contribution >= 0.6 is 0 Å². The molecular formula is C35H40N4O6. The molecule has 10 heteroatoms. The predicted octanol–water partition coefficient (Wildman–Crippen LogP) is 5.82. The minimum absolute atomic E-state index is 0.0221. The third-order valence-corrected chi connectivity index (χ3v) is 8.37. The van der Waals surface area contributed by atoms with E-state index in [0.717, 1.165) is 54.7 Å². The van der Waals surface area contributed by atoms with Crippen molar-refractivity contribution in [1.29, 1.82) is 0 Å². The van der Waals surface area contributed by atoms with Gasteiger partial charge in [-0.2, -0.15) is 0 Å². The van der Waals surface area contributed by atoms with E-state index in [1.165, 1.54) is 7.11 Å². The summed E-state index contributed by atoms with van der Waals surface area (Å²) in [5.41, 5.74) is 4.23. The number of imidazole rings is 1. The van der Waals surface area contributed by atoms with Crippen LogP contribution in [0.4, 0.5) is 5.82 Å². The summed E-state index contributed by atoms with van der Waals surface area (Å²) in [6.07, 6.45) is 6.81. The summed E-state index contributed by atoms with van der Waals surface area (Å²) in [7, 11) is 2.98. The monoisotopic (exact) mass is 612 g/mol. The number of hydrogen-bond donors (Lipinski definition) is 2. The van der Waals surface area contributed by atoms with Gasteiger partial charge in [0.25, 0.3) is 5.91 Å². The smallest absolute Gasteiger partial charge is 0.325 e. The topological polar surface area (TPSA) is 122 Å². The van der Waals surface area contributed by atoms with Crippen molar-refractivity contribution in [2.24, 2.45) is 0 Å². The van der Waals surface area contributed by atoms with Crippen LogP contribution in [0.25, 0.3) is 5.65 Å². The molecule has 1 fully saturated rings. The highest BCUT2D eigenvalue weighted by Crippen LogP contribution is 2.39. The number of benzene rings is 2. The van der Waals surface area contributed by atoms with Crippen molar-refractivity contribution in [2.75, 3.05) is 25.7 Å². The molecule has 236 valence electrons. The summed E-state index contributed by atoms with van der Waals surface area (Å²) < 4.78 is 12.4. The second-order valence-electron chi connectivity index (χ2n) is 11.6. The first-order chi connectivity index (χ1) is 21.8. The van der Waals surface area contributed by atoms with E-state index in [1.807, 2.05) is 71.0 Å². The molecule has 1 saturated carbocycles. The first-order valence-corrected chi connectivity index (χ1v) is 15.3. The van der Waals surface area contributed by atoms with Crippen LogP contribution in [0.5, 0.6) is 5.75 Å². The number of esters is 1. The first-order valence-electron chi connectivity index (χ1n) is 15.3. The molecule has 2 aromatic carbocycles. The van der Waals surface area contributed by atoms with Gasteiger partial charge in [-0.15, -0.1) is 0 Å². The van der Waals surface area contributed by atoms with Crippen LogP contribution in [0.2, 0.25) is 0 Å². The lowest BCUT2D eigenvalue weighted by Crippen LogP contribution is -2.32. The SMILES string of the molecule is COC(=O)CN(Cc1cccc(OC)c1)c1c(C2CCCCC2)nc2c(C(=O)NC(CC(=O)O)c3cccc(C)c3)cccn12. The summed E-state index contributed by atoms with van der Waals surface area (Å²) in [4.78, 5) is 45.5. The molecule has 1 aliphatic carbocycles. The molecule has 0 bridgehead atoms. The van der Waals surface area contributed by atoms with Gasteiger partial charge in [-0.3, -0.25) is 18.8 Å². The Labute approximate surface area is 263 Å². The fourth-order valence-electron chi connectivity index (χ4n) is 6.18. The van der Waals surface area contributed by atoms with Gasteiger partial charge in [0.15, 0.2) is 5.65 Å². The number of carbonyl (C=O) groups excluding carboxylic acids is 2. The van der Waals surface area contributed by atoms with E-state index in [9.17, 15) is 19.5 Å². The summed E-state index contributed by atoms with van der Waals surface area (Å²) in [5.74, 6) is -0.237. The third-order valence-electron chi connectivity index (χ3n) is 8.37. The minimum atomic E-state index is -1.02. The number of rotatable bonds is 12. The molecule has 2 aromatic heterocycles. The molecule has 45 heavy (non-hydrogen) atoms. The van der Waals surface area contributed by atoms with Crippen LogP contribution in [0.1, 0.15) is 83.2 Å². The molecule has 2 N–H and O–H groups in total. The van der Waals surface area contributed by atoms with Crippen LogP contribution in [-0.2, 0) is 20.9 Å². The zero-order valence-electron chi connectivity index (χ0n) is 26.0. The Kier molecular flexibility index (Phi) is 10.0. The average Bonchev–Trinajstić information content (AvgIpc) is 3.44. The Hall–Kier alpha value is -4.86. The molecule has 1 unspecified atom stereocenters. The number of carbonyl (C=O) groups is 3. The normalized spacial score (nSPS) is 14.1. The minimum Gasteiger partial charge on any atom is -0.497 e. The van der Waals surface area contributed by atoms with Crippen LogP contribution in [-0.4, -0.2) is 53.1 Å². The number of amides is 1. The Bertz CT molecular complexity index is 1680. The lowest BCUT2D eigenvalue weighted by atomic mass is 9.87. The third kappa shape index (κ3) is 7.45. The summed E-state index contributed by atoms with van der Waals surface area (Å²) in [6, 6.07) is 17.9. The van der Waals surface area contributed by atoms with Crippen LogP contribution < -0.4 is 15.0 Å². The molecule has 4 aromatic rings. The van der Waals surface area contributed by atoms with Gasteiger partial charge in [-0.05, 0) is 55.2 Å². The van der Waals surface area contributed by atoms with Crippen LogP contribution in [0.15, 0.2) is 66.9 Å². The fraction of sp³-hybridized carbons (Fsp3) is 0.371. The summed E-state index contributed by atoms with van der Waals surface area (Å²) in [6.45, 7) is 2.28. The molecule has 0 saturated heterocycles. The highest BCUT2D eigenvalue weighted by atomic mass is 16.5. The van der Waals surface area contributed by atoms with E-state index in [2.05, 4.69) is 5.32 Å². The Morgan fingerprint density at radius 2 is 1.82 bits per heavy atom. The molecular weight excluding hydrogens is 572 g/mol. The number of aromatic nitrogens is 2. The lowest BCUT2D eigenvalue weighted by Gasteiger charge is -2.28. The summed E-state index contributed by atoms with van der Waals surface area (Å²) in [5, 5.41) is 12.6. The number of carboxylic acids is 1. The second-order valence-corrected chi connectivity index (χ2v) is 11.6. The largest absolute Gasteiger partial charge is 0.497 e. The first kappa shape index (κ1) is 31.6. The van der Waals surface area contributed by atoms with E-state index in [1.54, 1.807) is 19.2 Å². The molecule has 2 heterocycles. The maximum atomic E-state index is 13.9. The number of pyridine rings is 1. The molecule has 10 nitrogen and oxygen atoms in total. The molecule has 1 aliphatic rings. The highest BCUT2D eigenvalue weighted by Gasteiger charge is 2.30. The molecule has 0 aliphatic heterocycles. The number of ether oxygens (including phenoxy) is 2. The lowest BCUT2D eigenvalue weighted by molar-refractivity contribution is -0.139. The zero-order valence-corrected chi connectivity index (χ0v) is 26.0. The van der Waals surface area contributed by atoms with Gasteiger partial charge >= 0.3 is 11.9 Å². The van der Waals surface area contributed by atoms with Gasteiger partial charge in [0.2, 0.25) is 0 Å². The van der Waals surface area contributed by atoms with E-state index in [0.29, 0.717) is 29.1 Å². The number of nitrogens with zero attached hydrogens (tertiary/aromatic N) is 3. The van der Waals surface area contributed by atoms with Crippen molar-refractivity contribution >= 4 is 29.3 Å². The summed E-state index contributed by atoms with van der Waals surface area (Å²) >= 11 is 0. The van der Waals surface area contributed by atoms with Gasteiger partial charge in [0.1, 0.15) is 18.1 Å². The number of aliphatic carboxylic acids is 1. The molecule has 5 rings (SSSR count). The van der Waals surface area contributed by atoms with Crippen molar-refractivity contribution in [2.45, 2.75) is 64.0 Å². The quantitative estimate of drug-likeness (QED) is 0.192. The fourth-order valence-corrected chi connectivity index (χ4v) is 6.18. The number of methoxy groups -OCH3 is 2. The second kappa shape index (κ2) is 14.3. The van der Waals surface area contributed by atoms with E-state index < -0.39 is 23.9 Å². The van der Waals surface area contributed by atoms with Gasteiger partial charge in [0.05, 0.1) is 37.9 Å². The number of carboxylic acid groups (broad SMARTS) is 1. The number of nitrogens with one attached hydrogen (secondary N) is 1. The van der Waals surface area contributed by atoms with Gasteiger partial charge in [0, 0.05) is 18.7 Å². The maximum Gasteiger partial charge on any atom is 0.325 e. The van der Waals surface area contributed by atoms with E-state index >= 15 is 0 Å². The van der Waals surface area contributed by atoms with E-state index in [4.69, 9.17) is 14.5 Å². The van der Waals surface area contributed by atoms with E-state index in [-0.39, 0.29) is 18.9 Å². The zero-order chi connectivity index (χ0) is 31.9. The average molecular weight is 613 g/mol. The number of fused-ring (bicyclic) bond motifs is 1. The van der Waals surface area contributed by atoms with Crippen LogP contribution in [0.3, 0.4) is 0 Å². The van der Waals surface area contributed by atoms with Crippen molar-refractivity contribution in [3.05, 3.63) is 94.8 Å².